The molecule has 0 aromatic carbocycles. The fourth-order valence-corrected chi connectivity index (χ4v) is 5.82. The molecule has 0 saturated carbocycles. The van der Waals surface area contributed by atoms with Crippen molar-refractivity contribution in [1.29, 1.82) is 0 Å². The van der Waals surface area contributed by atoms with Gasteiger partial charge in [0.1, 0.15) is 25.9 Å². The standard InChI is InChI=1S/C42H80N2O6/c1-5-7-9-11-13-15-17-19-20-22-24-26-28-30-32-34-41(46)50-38-39(43-42(47)48-36-35-44(3)4)37-49-40(45)33-31-29-27-25-23-21-18-16-14-12-10-8-6-2/h19-20,39H,5-18,21-38H2,1-4H3,(H,43,47)/b20-19-. The highest BCUT2D eigenvalue weighted by Crippen LogP contribution is 2.14. The highest BCUT2D eigenvalue weighted by Gasteiger charge is 2.18. The van der Waals surface area contributed by atoms with E-state index in [1.165, 1.54) is 122 Å². The number of esters is 2. The summed E-state index contributed by atoms with van der Waals surface area (Å²) in [6.07, 6.45) is 36.6. The van der Waals surface area contributed by atoms with Crippen LogP contribution in [0.4, 0.5) is 4.79 Å². The van der Waals surface area contributed by atoms with E-state index in [4.69, 9.17) is 14.2 Å². The Hall–Kier alpha value is -2.09. The van der Waals surface area contributed by atoms with Crippen LogP contribution in [0.5, 0.6) is 0 Å². The predicted octanol–water partition coefficient (Wildman–Crippen LogP) is 11.2. The number of nitrogens with zero attached hydrogens (tertiary/aromatic N) is 1. The summed E-state index contributed by atoms with van der Waals surface area (Å²) in [7, 11) is 3.80. The number of unbranched alkanes of at least 4 members (excludes halogenated alkanes) is 23. The zero-order valence-electron chi connectivity index (χ0n) is 33.3. The highest BCUT2D eigenvalue weighted by molar-refractivity contribution is 5.70. The minimum Gasteiger partial charge on any atom is -0.463 e. The maximum atomic E-state index is 12.4. The van der Waals surface area contributed by atoms with Crippen molar-refractivity contribution in [2.75, 3.05) is 40.5 Å². The molecule has 0 spiro atoms. The Morgan fingerprint density at radius 2 is 0.880 bits per heavy atom. The molecule has 1 unspecified atom stereocenters. The lowest BCUT2D eigenvalue weighted by atomic mass is 10.0. The molecular formula is C42H80N2O6. The van der Waals surface area contributed by atoms with E-state index in [2.05, 4.69) is 31.3 Å². The number of carbonyl (C=O) groups excluding carboxylic acids is 3. The minimum absolute atomic E-state index is 0.0548. The Balaban J connectivity index is 4.14. The average molecular weight is 709 g/mol. The van der Waals surface area contributed by atoms with Gasteiger partial charge in [0.05, 0.1) is 0 Å². The monoisotopic (exact) mass is 709 g/mol. The van der Waals surface area contributed by atoms with Crippen LogP contribution in [0.1, 0.15) is 194 Å². The van der Waals surface area contributed by atoms with E-state index in [0.29, 0.717) is 19.4 Å². The lowest BCUT2D eigenvalue weighted by molar-refractivity contribution is -0.147. The van der Waals surface area contributed by atoms with Crippen molar-refractivity contribution < 1.29 is 28.6 Å². The highest BCUT2D eigenvalue weighted by atomic mass is 16.6. The zero-order valence-corrected chi connectivity index (χ0v) is 33.3. The van der Waals surface area contributed by atoms with Crippen molar-refractivity contribution in [3.05, 3.63) is 12.2 Å². The van der Waals surface area contributed by atoms with Crippen molar-refractivity contribution in [2.45, 2.75) is 200 Å². The molecule has 0 radical (unpaired) electrons. The molecule has 0 aliphatic rings. The molecule has 1 N–H and O–H groups in total. The van der Waals surface area contributed by atoms with Gasteiger partial charge in [0.2, 0.25) is 0 Å². The number of hydrogen-bond acceptors (Lipinski definition) is 7. The van der Waals surface area contributed by atoms with Crippen molar-refractivity contribution >= 4 is 18.0 Å². The van der Waals surface area contributed by atoms with Crippen LogP contribution in [0.2, 0.25) is 0 Å². The van der Waals surface area contributed by atoms with E-state index < -0.39 is 12.1 Å². The Morgan fingerprint density at radius 1 is 0.520 bits per heavy atom. The second kappa shape index (κ2) is 38.1. The molecule has 294 valence electrons. The zero-order chi connectivity index (χ0) is 36.8. The number of likely N-dealkylation sites (N-methyl/N-ethyl adjacent to an activating group) is 1. The maximum absolute atomic E-state index is 12.4. The van der Waals surface area contributed by atoms with Gasteiger partial charge in [0, 0.05) is 19.4 Å². The molecule has 50 heavy (non-hydrogen) atoms. The van der Waals surface area contributed by atoms with Crippen LogP contribution in [0.3, 0.4) is 0 Å². The van der Waals surface area contributed by atoms with E-state index in [1.807, 2.05) is 19.0 Å². The quantitative estimate of drug-likeness (QED) is 0.0297. The van der Waals surface area contributed by atoms with Crippen molar-refractivity contribution in [3.8, 4) is 0 Å². The van der Waals surface area contributed by atoms with Gasteiger partial charge in [-0.1, -0.05) is 154 Å². The summed E-state index contributed by atoms with van der Waals surface area (Å²) in [4.78, 5) is 39.1. The van der Waals surface area contributed by atoms with E-state index in [-0.39, 0.29) is 31.8 Å². The third-order valence-electron chi connectivity index (χ3n) is 9.11. The normalized spacial score (nSPS) is 12.0. The van der Waals surface area contributed by atoms with Gasteiger partial charge in [-0.15, -0.1) is 0 Å². The number of allylic oxidation sites excluding steroid dienone is 2. The third-order valence-corrected chi connectivity index (χ3v) is 9.11. The van der Waals surface area contributed by atoms with E-state index in [9.17, 15) is 14.4 Å². The Kier molecular flexibility index (Phi) is 36.6. The molecule has 0 heterocycles. The topological polar surface area (TPSA) is 94.2 Å². The fourth-order valence-electron chi connectivity index (χ4n) is 5.82. The number of ether oxygens (including phenoxy) is 3. The number of alkyl carbamates (subject to hydrolysis) is 1. The summed E-state index contributed by atoms with van der Waals surface area (Å²) in [5, 5.41) is 2.70. The lowest BCUT2D eigenvalue weighted by Gasteiger charge is -2.19. The molecule has 0 aliphatic heterocycles. The van der Waals surface area contributed by atoms with Crippen LogP contribution < -0.4 is 5.32 Å². The largest absolute Gasteiger partial charge is 0.463 e. The van der Waals surface area contributed by atoms with Gasteiger partial charge in [0.25, 0.3) is 0 Å². The number of amides is 1. The predicted molar refractivity (Wildman–Crippen MR) is 209 cm³/mol. The summed E-state index contributed by atoms with van der Waals surface area (Å²) >= 11 is 0. The maximum Gasteiger partial charge on any atom is 0.407 e. The van der Waals surface area contributed by atoms with Gasteiger partial charge in [-0.2, -0.15) is 0 Å². The first-order chi connectivity index (χ1) is 24.4. The van der Waals surface area contributed by atoms with Crippen molar-refractivity contribution in [2.24, 2.45) is 0 Å². The van der Waals surface area contributed by atoms with Crippen LogP contribution in [0.15, 0.2) is 12.2 Å². The van der Waals surface area contributed by atoms with Gasteiger partial charge >= 0.3 is 18.0 Å². The van der Waals surface area contributed by atoms with E-state index >= 15 is 0 Å². The van der Waals surface area contributed by atoms with Crippen molar-refractivity contribution in [3.63, 3.8) is 0 Å². The molecule has 8 nitrogen and oxygen atoms in total. The van der Waals surface area contributed by atoms with Crippen molar-refractivity contribution in [1.82, 2.24) is 10.2 Å². The second-order valence-electron chi connectivity index (χ2n) is 14.5. The Labute approximate surface area is 308 Å². The van der Waals surface area contributed by atoms with Gasteiger partial charge in [-0.3, -0.25) is 9.59 Å². The minimum atomic E-state index is -0.657. The summed E-state index contributed by atoms with van der Waals surface area (Å²) < 4.78 is 16.2. The van der Waals surface area contributed by atoms with E-state index in [1.54, 1.807) is 0 Å². The number of carbonyl (C=O) groups is 3. The van der Waals surface area contributed by atoms with Crippen LogP contribution in [-0.2, 0) is 23.8 Å². The summed E-state index contributed by atoms with van der Waals surface area (Å²) in [5.41, 5.74) is 0. The third kappa shape index (κ3) is 37.2. The molecule has 1 amide bonds. The van der Waals surface area contributed by atoms with Gasteiger partial charge in [-0.05, 0) is 52.6 Å². The molecule has 0 aromatic rings. The lowest BCUT2D eigenvalue weighted by Crippen LogP contribution is -2.43. The molecular weight excluding hydrogens is 628 g/mol. The molecule has 0 saturated heterocycles. The number of nitrogens with one attached hydrogen (secondary N) is 1. The molecule has 8 heteroatoms. The Morgan fingerprint density at radius 3 is 1.26 bits per heavy atom. The van der Waals surface area contributed by atoms with Crippen LogP contribution in [0, 0.1) is 0 Å². The summed E-state index contributed by atoms with van der Waals surface area (Å²) in [5.74, 6) is -0.589. The van der Waals surface area contributed by atoms with Crippen LogP contribution in [0.25, 0.3) is 0 Å². The second-order valence-corrected chi connectivity index (χ2v) is 14.5. The first-order valence-electron chi connectivity index (χ1n) is 20.9. The summed E-state index contributed by atoms with van der Waals surface area (Å²) in [6, 6.07) is -0.657. The fraction of sp³-hybridized carbons (Fsp3) is 0.881. The number of rotatable bonds is 37. The average Bonchev–Trinajstić information content (AvgIpc) is 3.09. The first kappa shape index (κ1) is 47.9. The smallest absolute Gasteiger partial charge is 0.407 e. The SMILES string of the molecule is CCCCCCCC/C=C\CCCCCCCC(=O)OCC(COC(=O)CCCCCCCCCCCCCCC)NC(=O)OCCN(C)C. The van der Waals surface area contributed by atoms with E-state index in [0.717, 1.165) is 44.9 Å². The van der Waals surface area contributed by atoms with Crippen LogP contribution >= 0.6 is 0 Å². The molecule has 1 atom stereocenters. The van der Waals surface area contributed by atoms with Gasteiger partial charge in [0.15, 0.2) is 0 Å². The summed E-state index contributed by atoms with van der Waals surface area (Å²) in [6.45, 7) is 5.23. The molecule has 0 bridgehead atoms. The van der Waals surface area contributed by atoms with Crippen LogP contribution in [-0.4, -0.2) is 69.4 Å². The molecule has 0 fully saturated rings. The molecule has 0 aromatic heterocycles. The Bertz CT molecular complexity index is 803. The number of hydrogen-bond donors (Lipinski definition) is 1. The molecule has 0 rings (SSSR count). The van der Waals surface area contributed by atoms with Gasteiger partial charge < -0.3 is 24.4 Å². The van der Waals surface area contributed by atoms with Gasteiger partial charge in [-0.25, -0.2) is 4.79 Å². The first-order valence-corrected chi connectivity index (χ1v) is 20.9. The molecule has 0 aliphatic carbocycles.